The van der Waals surface area contributed by atoms with Crippen molar-refractivity contribution in [3.8, 4) is 11.8 Å². The summed E-state index contributed by atoms with van der Waals surface area (Å²) in [6, 6.07) is 7.54. The zero-order chi connectivity index (χ0) is 22.3. The smallest absolute Gasteiger partial charge is 0.271 e. The van der Waals surface area contributed by atoms with Gasteiger partial charge in [0.2, 0.25) is 0 Å². The van der Waals surface area contributed by atoms with Gasteiger partial charge in [0.05, 0.1) is 17.3 Å². The lowest BCUT2D eigenvalue weighted by Crippen LogP contribution is -2.47. The maximum absolute atomic E-state index is 14.0. The third-order valence-corrected chi connectivity index (χ3v) is 5.65. The van der Waals surface area contributed by atoms with Gasteiger partial charge in [0.1, 0.15) is 29.5 Å². The summed E-state index contributed by atoms with van der Waals surface area (Å²) in [5.74, 6) is -1.36. The Balaban J connectivity index is 1.68. The Morgan fingerprint density at radius 1 is 1.35 bits per heavy atom. The Hall–Kier alpha value is -3.47. The van der Waals surface area contributed by atoms with Crippen molar-refractivity contribution < 1.29 is 18.3 Å². The first-order chi connectivity index (χ1) is 14.7. The van der Waals surface area contributed by atoms with E-state index in [1.165, 1.54) is 18.2 Å². The number of benzene rings is 1. The lowest BCUT2D eigenvalue weighted by atomic mass is 9.97. The molecule has 1 unspecified atom stereocenters. The number of rotatable bonds is 6. The molecule has 1 saturated carbocycles. The molecule has 0 bridgehead atoms. The molecule has 1 amide bonds. The Bertz CT molecular complexity index is 1210. The van der Waals surface area contributed by atoms with Crippen LogP contribution in [0.15, 0.2) is 30.5 Å². The number of nitrogens with one attached hydrogen (secondary N) is 1. The third-order valence-electron chi connectivity index (χ3n) is 5.65. The molecule has 1 aromatic carbocycles. The molecule has 1 aliphatic rings. The minimum Gasteiger partial charge on any atom is -0.485 e. The van der Waals surface area contributed by atoms with E-state index in [0.29, 0.717) is 22.8 Å². The van der Waals surface area contributed by atoms with Crippen molar-refractivity contribution in [2.45, 2.75) is 45.8 Å². The van der Waals surface area contributed by atoms with E-state index in [-0.39, 0.29) is 18.1 Å². The molecule has 0 aliphatic heterocycles. The molecule has 1 N–H and O–H groups in total. The van der Waals surface area contributed by atoms with Crippen LogP contribution in [-0.2, 0) is 6.61 Å². The molecule has 2 aromatic heterocycles. The number of nitrogens with zero attached hydrogens (tertiary/aromatic N) is 3. The first-order valence-corrected chi connectivity index (χ1v) is 10.0. The predicted octanol–water partition coefficient (Wildman–Crippen LogP) is 4.23. The summed E-state index contributed by atoms with van der Waals surface area (Å²) in [6.45, 7) is 4.91. The molecule has 0 saturated heterocycles. The summed E-state index contributed by atoms with van der Waals surface area (Å²) in [4.78, 5) is 17.5. The predicted molar refractivity (Wildman–Crippen MR) is 110 cm³/mol. The zero-order valence-corrected chi connectivity index (χ0v) is 17.5. The largest absolute Gasteiger partial charge is 0.485 e. The molecule has 6 nitrogen and oxygen atoms in total. The van der Waals surface area contributed by atoms with Crippen LogP contribution in [0.1, 0.15) is 47.1 Å². The second-order valence-corrected chi connectivity index (χ2v) is 8.15. The monoisotopic (exact) mass is 424 g/mol. The number of halogens is 2. The number of hydrogen-bond acceptors (Lipinski definition) is 4. The van der Waals surface area contributed by atoms with Gasteiger partial charge >= 0.3 is 0 Å². The van der Waals surface area contributed by atoms with Gasteiger partial charge in [-0.25, -0.2) is 13.8 Å². The summed E-state index contributed by atoms with van der Waals surface area (Å²) in [6.07, 6.45) is 3.54. The van der Waals surface area contributed by atoms with Crippen LogP contribution in [0.4, 0.5) is 8.78 Å². The van der Waals surface area contributed by atoms with Crippen molar-refractivity contribution >= 4 is 11.6 Å². The van der Waals surface area contributed by atoms with Gasteiger partial charge in [0, 0.05) is 6.20 Å². The number of aryl methyl sites for hydroxylation is 2. The van der Waals surface area contributed by atoms with Crippen molar-refractivity contribution in [2.24, 2.45) is 5.92 Å². The van der Waals surface area contributed by atoms with Crippen LogP contribution in [0.2, 0.25) is 0 Å². The number of hydrogen-bond donors (Lipinski definition) is 1. The van der Waals surface area contributed by atoms with Gasteiger partial charge in [-0.1, -0.05) is 6.07 Å². The molecule has 0 spiro atoms. The molecule has 1 aliphatic carbocycles. The average molecular weight is 424 g/mol. The summed E-state index contributed by atoms with van der Waals surface area (Å²) >= 11 is 0. The molecule has 0 radical (unpaired) electrons. The third kappa shape index (κ3) is 3.83. The highest BCUT2D eigenvalue weighted by Crippen LogP contribution is 2.39. The molecule has 8 heteroatoms. The van der Waals surface area contributed by atoms with Crippen molar-refractivity contribution in [3.63, 3.8) is 0 Å². The molecule has 31 heavy (non-hydrogen) atoms. The molecular formula is C23H22F2N4O2. The van der Waals surface area contributed by atoms with Crippen molar-refractivity contribution in [2.75, 3.05) is 0 Å². The number of nitriles is 1. The number of pyridine rings is 1. The standard InChI is InChI=1S/C23H22F2N4O2/c1-13-9-19(31-11-16-17(24)5-4-6-18(16)25)21-27-14(2)20(29(21)10-13)22(30)28-23(3,12-26)15-7-8-15/h4-6,9-10,15H,7-8,11H2,1-3H3,(H,28,30). The maximum atomic E-state index is 14.0. The number of aromatic nitrogens is 2. The Morgan fingerprint density at radius 2 is 2.03 bits per heavy atom. The van der Waals surface area contributed by atoms with E-state index < -0.39 is 23.1 Å². The maximum Gasteiger partial charge on any atom is 0.271 e. The second kappa shape index (κ2) is 7.65. The van der Waals surface area contributed by atoms with Gasteiger partial charge in [0.15, 0.2) is 11.4 Å². The fourth-order valence-electron chi connectivity index (χ4n) is 3.73. The number of carbonyl (C=O) groups is 1. The number of carbonyl (C=O) groups excluding carboxylic acids is 1. The Kier molecular flexibility index (Phi) is 5.13. The summed E-state index contributed by atoms with van der Waals surface area (Å²) in [7, 11) is 0. The topological polar surface area (TPSA) is 79.4 Å². The second-order valence-electron chi connectivity index (χ2n) is 8.15. The van der Waals surface area contributed by atoms with Crippen molar-refractivity contribution in [1.29, 1.82) is 5.26 Å². The molecule has 160 valence electrons. The highest BCUT2D eigenvalue weighted by atomic mass is 19.1. The minimum absolute atomic E-state index is 0.136. The van der Waals surface area contributed by atoms with Crippen LogP contribution < -0.4 is 10.1 Å². The van der Waals surface area contributed by atoms with Crippen LogP contribution in [0, 0.1) is 42.7 Å². The van der Waals surface area contributed by atoms with Crippen LogP contribution in [0.25, 0.3) is 5.65 Å². The Labute approximate surface area is 178 Å². The fraction of sp³-hybridized carbons (Fsp3) is 0.348. The van der Waals surface area contributed by atoms with E-state index >= 15 is 0 Å². The van der Waals surface area contributed by atoms with Crippen LogP contribution in [-0.4, -0.2) is 20.8 Å². The highest BCUT2D eigenvalue weighted by Gasteiger charge is 2.43. The normalized spacial score (nSPS) is 15.4. The van der Waals surface area contributed by atoms with Crippen molar-refractivity contribution in [1.82, 2.24) is 14.7 Å². The molecule has 1 fully saturated rings. The zero-order valence-electron chi connectivity index (χ0n) is 17.5. The lowest BCUT2D eigenvalue weighted by molar-refractivity contribution is 0.0910. The van der Waals surface area contributed by atoms with Crippen LogP contribution >= 0.6 is 0 Å². The number of imidazole rings is 1. The van der Waals surface area contributed by atoms with Gasteiger partial charge in [0.25, 0.3) is 5.91 Å². The van der Waals surface area contributed by atoms with E-state index in [1.807, 2.05) is 6.92 Å². The van der Waals surface area contributed by atoms with E-state index in [9.17, 15) is 18.8 Å². The van der Waals surface area contributed by atoms with E-state index in [4.69, 9.17) is 4.74 Å². The van der Waals surface area contributed by atoms with Crippen LogP contribution in [0.3, 0.4) is 0 Å². The van der Waals surface area contributed by atoms with E-state index in [1.54, 1.807) is 30.5 Å². The van der Waals surface area contributed by atoms with E-state index in [0.717, 1.165) is 18.4 Å². The van der Waals surface area contributed by atoms with E-state index in [2.05, 4.69) is 16.4 Å². The lowest BCUT2D eigenvalue weighted by Gasteiger charge is -2.22. The number of fused-ring (bicyclic) bond motifs is 1. The number of ether oxygens (including phenoxy) is 1. The molecule has 1 atom stereocenters. The summed E-state index contributed by atoms with van der Waals surface area (Å²) in [5.41, 5.74) is 0.754. The number of amides is 1. The highest BCUT2D eigenvalue weighted by molar-refractivity contribution is 5.95. The average Bonchev–Trinajstić information content (AvgIpc) is 3.51. The van der Waals surface area contributed by atoms with Gasteiger partial charge in [-0.05, 0) is 63.3 Å². The molecule has 4 rings (SSSR count). The first kappa shape index (κ1) is 20.8. The molecule has 3 aromatic rings. The van der Waals surface area contributed by atoms with Gasteiger partial charge in [-0.3, -0.25) is 9.20 Å². The minimum atomic E-state index is -0.945. The van der Waals surface area contributed by atoms with Crippen molar-refractivity contribution in [3.05, 3.63) is 64.6 Å². The summed E-state index contributed by atoms with van der Waals surface area (Å²) in [5, 5.41) is 12.4. The van der Waals surface area contributed by atoms with Gasteiger partial charge in [-0.15, -0.1) is 0 Å². The quantitative estimate of drug-likeness (QED) is 0.642. The first-order valence-electron chi connectivity index (χ1n) is 10.0. The van der Waals surface area contributed by atoms with Gasteiger partial charge in [-0.2, -0.15) is 5.26 Å². The van der Waals surface area contributed by atoms with Crippen LogP contribution in [0.5, 0.6) is 5.75 Å². The SMILES string of the molecule is Cc1cc(OCc2c(F)cccc2F)c2nc(C)c(C(=O)NC(C)(C#N)C3CC3)n2c1. The fourth-order valence-corrected chi connectivity index (χ4v) is 3.73. The Morgan fingerprint density at radius 3 is 2.65 bits per heavy atom. The molecule has 2 heterocycles. The van der Waals surface area contributed by atoms with Gasteiger partial charge < -0.3 is 10.1 Å². The molecular weight excluding hydrogens is 402 g/mol. The summed E-state index contributed by atoms with van der Waals surface area (Å²) < 4.78 is 35.2.